The fourth-order valence-electron chi connectivity index (χ4n) is 1.73. The highest BCUT2D eigenvalue weighted by molar-refractivity contribution is 7.92. The summed E-state index contributed by atoms with van der Waals surface area (Å²) in [4.78, 5) is 10.1. The maximum atomic E-state index is 12.2. The van der Waals surface area contributed by atoms with Crippen LogP contribution in [0, 0.1) is 17.0 Å². The lowest BCUT2D eigenvalue weighted by molar-refractivity contribution is -0.384. The second-order valence-corrected chi connectivity index (χ2v) is 5.82. The van der Waals surface area contributed by atoms with Crippen molar-refractivity contribution in [2.45, 2.75) is 11.8 Å². The molecule has 0 fully saturated rings. The van der Waals surface area contributed by atoms with E-state index in [1.165, 1.54) is 29.1 Å². The molecule has 1 N–H and O–H groups in total. The zero-order valence-corrected chi connectivity index (χ0v) is 11.6. The Labute approximate surface area is 115 Å². The summed E-state index contributed by atoms with van der Waals surface area (Å²) in [6.07, 6.45) is 1.37. The Morgan fingerprint density at radius 1 is 1.40 bits per heavy atom. The first-order valence-electron chi connectivity index (χ1n) is 5.57. The van der Waals surface area contributed by atoms with Crippen LogP contribution >= 0.6 is 0 Å². The summed E-state index contributed by atoms with van der Waals surface area (Å²) >= 11 is 0. The Bertz CT molecular complexity index is 766. The van der Waals surface area contributed by atoms with Crippen molar-refractivity contribution >= 4 is 21.4 Å². The monoisotopic (exact) mass is 296 g/mol. The van der Waals surface area contributed by atoms with E-state index in [-0.39, 0.29) is 16.3 Å². The average Bonchev–Trinajstić information content (AvgIpc) is 2.69. The van der Waals surface area contributed by atoms with Gasteiger partial charge in [-0.2, -0.15) is 5.10 Å². The lowest BCUT2D eigenvalue weighted by Gasteiger charge is -2.06. The zero-order chi connectivity index (χ0) is 14.9. The maximum absolute atomic E-state index is 12.2. The number of hydrogen-bond acceptors (Lipinski definition) is 5. The third-order valence-electron chi connectivity index (χ3n) is 2.57. The van der Waals surface area contributed by atoms with Gasteiger partial charge in [-0.25, -0.2) is 8.42 Å². The lowest BCUT2D eigenvalue weighted by Crippen LogP contribution is -2.13. The van der Waals surface area contributed by atoms with Gasteiger partial charge in [0, 0.05) is 25.4 Å². The number of nitrogens with one attached hydrogen (secondary N) is 1. The van der Waals surface area contributed by atoms with Gasteiger partial charge in [0.2, 0.25) is 0 Å². The summed E-state index contributed by atoms with van der Waals surface area (Å²) in [7, 11) is -2.21. The normalized spacial score (nSPS) is 11.3. The molecular weight excluding hydrogens is 284 g/mol. The Morgan fingerprint density at radius 3 is 2.65 bits per heavy atom. The molecule has 0 aliphatic rings. The van der Waals surface area contributed by atoms with Gasteiger partial charge >= 0.3 is 0 Å². The van der Waals surface area contributed by atoms with Crippen molar-refractivity contribution in [2.24, 2.45) is 7.05 Å². The number of sulfonamides is 1. The van der Waals surface area contributed by atoms with Gasteiger partial charge in [-0.15, -0.1) is 0 Å². The number of benzene rings is 1. The first-order valence-corrected chi connectivity index (χ1v) is 7.05. The van der Waals surface area contributed by atoms with Crippen LogP contribution in [0.5, 0.6) is 0 Å². The molecule has 2 aromatic rings. The fraction of sp³-hybridized carbons (Fsp3) is 0.182. The first-order chi connectivity index (χ1) is 9.29. The maximum Gasteiger partial charge on any atom is 0.271 e. The molecule has 1 aromatic heterocycles. The van der Waals surface area contributed by atoms with Crippen molar-refractivity contribution in [1.82, 2.24) is 9.78 Å². The summed E-state index contributed by atoms with van der Waals surface area (Å²) in [6, 6.07) is 5.29. The standard InChI is InChI=1S/C11H12N4O4S/c1-8-11(7-14(2)12-8)20(18,19)13-9-4-3-5-10(6-9)15(16)17/h3-7,13H,1-2H3. The number of nitrogens with zero attached hydrogens (tertiary/aromatic N) is 3. The number of rotatable bonds is 4. The molecule has 0 bridgehead atoms. The van der Waals surface area contributed by atoms with E-state index in [1.54, 1.807) is 14.0 Å². The van der Waals surface area contributed by atoms with Crippen LogP contribution in [-0.4, -0.2) is 23.1 Å². The van der Waals surface area contributed by atoms with Crippen LogP contribution in [0.3, 0.4) is 0 Å². The average molecular weight is 296 g/mol. The number of aromatic nitrogens is 2. The van der Waals surface area contributed by atoms with Gasteiger partial charge in [0.25, 0.3) is 15.7 Å². The number of nitro groups is 1. The number of non-ortho nitro benzene ring substituents is 1. The summed E-state index contributed by atoms with van der Waals surface area (Å²) in [5.41, 5.74) is 0.293. The molecule has 1 aromatic carbocycles. The molecule has 1 heterocycles. The van der Waals surface area contributed by atoms with Crippen LogP contribution in [0.2, 0.25) is 0 Å². The molecule has 8 nitrogen and oxygen atoms in total. The molecule has 20 heavy (non-hydrogen) atoms. The predicted octanol–water partition coefficient (Wildman–Crippen LogP) is 1.44. The summed E-state index contributed by atoms with van der Waals surface area (Å²) < 4.78 is 28.0. The minimum atomic E-state index is -3.82. The van der Waals surface area contributed by atoms with Crippen molar-refractivity contribution < 1.29 is 13.3 Å². The smallest absolute Gasteiger partial charge is 0.271 e. The number of aryl methyl sites for hydroxylation is 2. The highest BCUT2D eigenvalue weighted by atomic mass is 32.2. The van der Waals surface area contributed by atoms with E-state index in [9.17, 15) is 18.5 Å². The molecular formula is C11H12N4O4S. The van der Waals surface area contributed by atoms with E-state index >= 15 is 0 Å². The van der Waals surface area contributed by atoms with Gasteiger partial charge in [0.05, 0.1) is 16.3 Å². The number of hydrogen-bond donors (Lipinski definition) is 1. The topological polar surface area (TPSA) is 107 Å². The third-order valence-corrected chi connectivity index (χ3v) is 4.05. The van der Waals surface area contributed by atoms with Crippen molar-refractivity contribution in [3.05, 3.63) is 46.3 Å². The summed E-state index contributed by atoms with van der Waals surface area (Å²) in [5.74, 6) is 0. The molecule has 0 aliphatic heterocycles. The number of anilines is 1. The first kappa shape index (κ1) is 14.0. The largest absolute Gasteiger partial charge is 0.279 e. The quantitative estimate of drug-likeness (QED) is 0.678. The van der Waals surface area contributed by atoms with Crippen LogP contribution in [0.4, 0.5) is 11.4 Å². The van der Waals surface area contributed by atoms with E-state index in [0.717, 1.165) is 6.07 Å². The van der Waals surface area contributed by atoms with Gasteiger partial charge in [0.1, 0.15) is 4.90 Å². The van der Waals surface area contributed by atoms with E-state index in [0.29, 0.717) is 5.69 Å². The van der Waals surface area contributed by atoms with E-state index < -0.39 is 14.9 Å². The van der Waals surface area contributed by atoms with Crippen LogP contribution in [0.15, 0.2) is 35.4 Å². The highest BCUT2D eigenvalue weighted by Crippen LogP contribution is 2.21. The molecule has 0 saturated heterocycles. The predicted molar refractivity (Wildman–Crippen MR) is 71.8 cm³/mol. The van der Waals surface area contributed by atoms with Gasteiger partial charge in [-0.1, -0.05) is 6.07 Å². The van der Waals surface area contributed by atoms with Crippen molar-refractivity contribution in [3.8, 4) is 0 Å². The molecule has 0 aliphatic carbocycles. The Morgan fingerprint density at radius 2 is 2.10 bits per heavy atom. The minimum Gasteiger partial charge on any atom is -0.279 e. The molecule has 9 heteroatoms. The van der Waals surface area contributed by atoms with Crippen molar-refractivity contribution in [3.63, 3.8) is 0 Å². The lowest BCUT2D eigenvalue weighted by atomic mass is 10.3. The van der Waals surface area contributed by atoms with E-state index in [1.807, 2.05) is 0 Å². The molecule has 0 saturated carbocycles. The summed E-state index contributed by atoms with van der Waals surface area (Å²) in [5, 5.41) is 14.6. The molecule has 0 unspecified atom stereocenters. The molecule has 0 spiro atoms. The molecule has 106 valence electrons. The van der Waals surface area contributed by atoms with Gasteiger partial charge in [-0.05, 0) is 13.0 Å². The van der Waals surface area contributed by atoms with Crippen molar-refractivity contribution in [2.75, 3.05) is 4.72 Å². The van der Waals surface area contributed by atoms with E-state index in [2.05, 4.69) is 9.82 Å². The highest BCUT2D eigenvalue weighted by Gasteiger charge is 2.20. The van der Waals surface area contributed by atoms with Crippen LogP contribution in [-0.2, 0) is 17.1 Å². The Kier molecular flexibility index (Phi) is 3.45. The minimum absolute atomic E-state index is 0.0338. The molecule has 2 rings (SSSR count). The third kappa shape index (κ3) is 2.77. The molecule has 0 atom stereocenters. The zero-order valence-electron chi connectivity index (χ0n) is 10.8. The Hall–Kier alpha value is -2.42. The summed E-state index contributed by atoms with van der Waals surface area (Å²) in [6.45, 7) is 1.57. The SMILES string of the molecule is Cc1nn(C)cc1S(=O)(=O)Nc1cccc([N+](=O)[O-])c1. The van der Waals surface area contributed by atoms with Crippen LogP contribution < -0.4 is 4.72 Å². The second kappa shape index (κ2) is 4.93. The molecule has 0 amide bonds. The fourth-order valence-corrected chi connectivity index (χ4v) is 3.00. The van der Waals surface area contributed by atoms with Crippen molar-refractivity contribution in [1.29, 1.82) is 0 Å². The molecule has 0 radical (unpaired) electrons. The van der Waals surface area contributed by atoms with Gasteiger partial charge in [-0.3, -0.25) is 19.5 Å². The number of nitro benzene ring substituents is 1. The van der Waals surface area contributed by atoms with Crippen LogP contribution in [0.25, 0.3) is 0 Å². The second-order valence-electron chi connectivity index (χ2n) is 4.17. The van der Waals surface area contributed by atoms with E-state index in [4.69, 9.17) is 0 Å². The van der Waals surface area contributed by atoms with Gasteiger partial charge in [0.15, 0.2) is 0 Å². The van der Waals surface area contributed by atoms with Gasteiger partial charge < -0.3 is 0 Å². The van der Waals surface area contributed by atoms with Crippen LogP contribution in [0.1, 0.15) is 5.69 Å². The Balaban J connectivity index is 2.36.